The molecule has 0 bridgehead atoms. The molecule has 1 aliphatic heterocycles. The molecule has 0 saturated carbocycles. The van der Waals surface area contributed by atoms with Crippen molar-refractivity contribution in [2.75, 3.05) is 13.2 Å². The second kappa shape index (κ2) is 5.56. The third kappa shape index (κ3) is 3.73. The molecule has 0 amide bonds. The van der Waals surface area contributed by atoms with Crippen LogP contribution in [0.25, 0.3) is 0 Å². The number of rotatable bonds is 4. The van der Waals surface area contributed by atoms with Crippen molar-refractivity contribution in [1.82, 2.24) is 0 Å². The van der Waals surface area contributed by atoms with E-state index in [2.05, 4.69) is 13.3 Å². The molecule has 11 heavy (non-hydrogen) atoms. The quantitative estimate of drug-likeness (QED) is 0.582. The Morgan fingerprint density at radius 1 is 1.36 bits per heavy atom. The predicted molar refractivity (Wildman–Crippen MR) is 44.1 cm³/mol. The van der Waals surface area contributed by atoms with Crippen LogP contribution in [0.5, 0.6) is 0 Å². The van der Waals surface area contributed by atoms with E-state index in [0.29, 0.717) is 0 Å². The van der Waals surface area contributed by atoms with Gasteiger partial charge in [-0.2, -0.15) is 0 Å². The van der Waals surface area contributed by atoms with Crippen molar-refractivity contribution in [3.05, 3.63) is 6.42 Å². The first-order chi connectivity index (χ1) is 5.43. The van der Waals surface area contributed by atoms with Crippen LogP contribution in [-0.2, 0) is 9.47 Å². The van der Waals surface area contributed by atoms with Crippen molar-refractivity contribution >= 4 is 0 Å². The summed E-state index contributed by atoms with van der Waals surface area (Å²) < 4.78 is 10.7. The summed E-state index contributed by atoms with van der Waals surface area (Å²) in [5.41, 5.74) is 0. The normalized spacial score (nSPS) is 20.5. The molecular weight excluding hydrogens is 140 g/mol. The van der Waals surface area contributed by atoms with Crippen molar-refractivity contribution < 1.29 is 9.47 Å². The summed E-state index contributed by atoms with van der Waals surface area (Å²) in [5, 5.41) is 0. The summed E-state index contributed by atoms with van der Waals surface area (Å²) in [6.45, 7) is 3.91. The number of hydrogen-bond donors (Lipinski definition) is 0. The zero-order valence-corrected chi connectivity index (χ0v) is 7.21. The fourth-order valence-corrected chi connectivity index (χ4v) is 1.13. The second-order valence-corrected chi connectivity index (χ2v) is 2.84. The summed E-state index contributed by atoms with van der Waals surface area (Å²) in [6.07, 6.45) is 6.68. The third-order valence-electron chi connectivity index (χ3n) is 1.75. The van der Waals surface area contributed by atoms with E-state index in [4.69, 9.17) is 9.47 Å². The lowest BCUT2D eigenvalue weighted by atomic mass is 10.2. The lowest BCUT2D eigenvalue weighted by Gasteiger charge is -2.22. The van der Waals surface area contributed by atoms with Crippen LogP contribution in [0.4, 0.5) is 0 Å². The molecule has 0 aromatic carbocycles. The van der Waals surface area contributed by atoms with Gasteiger partial charge in [-0.25, -0.2) is 0 Å². The Morgan fingerprint density at radius 3 is 2.73 bits per heavy atom. The molecular formula is C9H17O2. The zero-order valence-electron chi connectivity index (χ0n) is 7.21. The molecule has 0 unspecified atom stereocenters. The van der Waals surface area contributed by atoms with Crippen molar-refractivity contribution in [1.29, 1.82) is 0 Å². The van der Waals surface area contributed by atoms with Crippen LogP contribution < -0.4 is 0 Å². The van der Waals surface area contributed by atoms with Gasteiger partial charge in [-0.1, -0.05) is 19.8 Å². The van der Waals surface area contributed by atoms with Gasteiger partial charge in [0.25, 0.3) is 0 Å². The monoisotopic (exact) mass is 157 g/mol. The van der Waals surface area contributed by atoms with Crippen LogP contribution in [0.1, 0.15) is 32.6 Å². The Labute approximate surface area is 68.9 Å². The van der Waals surface area contributed by atoms with Crippen molar-refractivity contribution in [3.63, 3.8) is 0 Å². The molecule has 0 aromatic heterocycles. The summed E-state index contributed by atoms with van der Waals surface area (Å²) >= 11 is 0. The maximum absolute atomic E-state index is 5.37. The van der Waals surface area contributed by atoms with Gasteiger partial charge in [-0.05, 0) is 12.8 Å². The molecule has 65 valence electrons. The van der Waals surface area contributed by atoms with E-state index in [1.807, 2.05) is 0 Å². The fraction of sp³-hybridized carbons (Fsp3) is 0.889. The van der Waals surface area contributed by atoms with Crippen molar-refractivity contribution in [2.45, 2.75) is 38.9 Å². The maximum Gasteiger partial charge on any atom is 0.157 e. The minimum Gasteiger partial charge on any atom is -0.353 e. The molecule has 1 fully saturated rings. The van der Waals surface area contributed by atoms with E-state index in [1.165, 1.54) is 12.8 Å². The highest BCUT2D eigenvalue weighted by Gasteiger charge is 2.12. The van der Waals surface area contributed by atoms with Gasteiger partial charge in [0, 0.05) is 6.42 Å². The molecule has 1 saturated heterocycles. The molecule has 0 atom stereocenters. The van der Waals surface area contributed by atoms with Crippen LogP contribution in [0.15, 0.2) is 0 Å². The van der Waals surface area contributed by atoms with Crippen molar-refractivity contribution in [3.8, 4) is 0 Å². The van der Waals surface area contributed by atoms with Gasteiger partial charge in [0.1, 0.15) is 0 Å². The average molecular weight is 157 g/mol. The van der Waals surface area contributed by atoms with E-state index in [9.17, 15) is 0 Å². The highest BCUT2D eigenvalue weighted by Crippen LogP contribution is 2.11. The Hall–Kier alpha value is -0.0800. The third-order valence-corrected chi connectivity index (χ3v) is 1.75. The second-order valence-electron chi connectivity index (χ2n) is 2.84. The van der Waals surface area contributed by atoms with Crippen LogP contribution >= 0.6 is 0 Å². The summed E-state index contributed by atoms with van der Waals surface area (Å²) in [6, 6.07) is 0. The first-order valence-corrected chi connectivity index (χ1v) is 4.48. The van der Waals surface area contributed by atoms with Crippen LogP contribution in [0.3, 0.4) is 0 Å². The average Bonchev–Trinajstić information content (AvgIpc) is 2.07. The van der Waals surface area contributed by atoms with E-state index in [1.54, 1.807) is 0 Å². The minimum absolute atomic E-state index is 0.0512. The molecule has 2 nitrogen and oxygen atoms in total. The molecule has 1 aliphatic rings. The lowest BCUT2D eigenvalue weighted by molar-refractivity contribution is -0.177. The van der Waals surface area contributed by atoms with Gasteiger partial charge >= 0.3 is 0 Å². The Kier molecular flexibility index (Phi) is 4.55. The smallest absolute Gasteiger partial charge is 0.157 e. The summed E-state index contributed by atoms with van der Waals surface area (Å²) in [5.74, 6) is 0. The largest absolute Gasteiger partial charge is 0.353 e. The van der Waals surface area contributed by atoms with Gasteiger partial charge in [0.15, 0.2) is 6.29 Å². The van der Waals surface area contributed by atoms with Gasteiger partial charge in [-0.3, -0.25) is 0 Å². The Bertz CT molecular complexity index is 87.6. The van der Waals surface area contributed by atoms with Gasteiger partial charge < -0.3 is 9.47 Å². The maximum atomic E-state index is 5.37. The van der Waals surface area contributed by atoms with Gasteiger partial charge in [0.2, 0.25) is 0 Å². The predicted octanol–water partition coefficient (Wildman–Crippen LogP) is 2.14. The van der Waals surface area contributed by atoms with Gasteiger partial charge in [0.05, 0.1) is 13.2 Å². The Morgan fingerprint density at radius 2 is 2.09 bits per heavy atom. The molecule has 0 spiro atoms. The Balaban J connectivity index is 1.96. The van der Waals surface area contributed by atoms with E-state index in [0.717, 1.165) is 26.1 Å². The summed E-state index contributed by atoms with van der Waals surface area (Å²) in [7, 11) is 0. The highest BCUT2D eigenvalue weighted by molar-refractivity contribution is 4.67. The minimum atomic E-state index is 0.0512. The number of ether oxygens (including phenoxy) is 2. The van der Waals surface area contributed by atoms with E-state index >= 15 is 0 Å². The molecule has 0 aliphatic carbocycles. The van der Waals surface area contributed by atoms with E-state index in [-0.39, 0.29) is 6.29 Å². The van der Waals surface area contributed by atoms with Crippen LogP contribution in [-0.4, -0.2) is 19.5 Å². The first kappa shape index (κ1) is 9.01. The topological polar surface area (TPSA) is 18.5 Å². The molecule has 1 heterocycles. The van der Waals surface area contributed by atoms with E-state index < -0.39 is 0 Å². The van der Waals surface area contributed by atoms with Crippen LogP contribution in [0, 0.1) is 6.42 Å². The molecule has 1 rings (SSSR count). The fourth-order valence-electron chi connectivity index (χ4n) is 1.13. The zero-order chi connectivity index (χ0) is 7.94. The first-order valence-electron chi connectivity index (χ1n) is 4.48. The molecule has 2 heteroatoms. The molecule has 0 aromatic rings. The molecule has 0 N–H and O–H groups in total. The number of hydrogen-bond acceptors (Lipinski definition) is 2. The lowest BCUT2D eigenvalue weighted by Crippen LogP contribution is -2.24. The van der Waals surface area contributed by atoms with Gasteiger partial charge in [-0.15, -0.1) is 0 Å². The summed E-state index contributed by atoms with van der Waals surface area (Å²) in [4.78, 5) is 0. The van der Waals surface area contributed by atoms with Crippen molar-refractivity contribution in [2.24, 2.45) is 0 Å². The standard InChI is InChI=1S/C9H17O2/c1-2-3-4-6-9-10-7-5-8-11-9/h4,9H,2-3,5-8H2,1H3. The van der Waals surface area contributed by atoms with Crippen LogP contribution in [0.2, 0.25) is 0 Å². The SMILES string of the molecule is CCC[CH]CC1OCCCO1. The highest BCUT2D eigenvalue weighted by atomic mass is 16.7. The number of unbranched alkanes of at least 4 members (excludes halogenated alkanes) is 2. The molecule has 1 radical (unpaired) electrons.